The van der Waals surface area contributed by atoms with E-state index in [1.54, 1.807) is 18.3 Å². The zero-order chi connectivity index (χ0) is 22.7. The fourth-order valence-electron chi connectivity index (χ4n) is 3.36. The van der Waals surface area contributed by atoms with Gasteiger partial charge >= 0.3 is 6.03 Å². The molecule has 1 aliphatic rings. The van der Waals surface area contributed by atoms with Crippen LogP contribution in [-0.2, 0) is 16.1 Å². The summed E-state index contributed by atoms with van der Waals surface area (Å²) in [6.07, 6.45) is 3.23. The first-order chi connectivity index (χ1) is 15.4. The number of urea groups is 1. The number of anilines is 1. The number of rotatable bonds is 6. The Kier molecular flexibility index (Phi) is 5.85. The third kappa shape index (κ3) is 4.44. The minimum Gasteiger partial charge on any atom is -0.492 e. The van der Waals surface area contributed by atoms with Crippen molar-refractivity contribution in [2.75, 3.05) is 11.5 Å². The Balaban J connectivity index is 1.53. The largest absolute Gasteiger partial charge is 0.492 e. The van der Waals surface area contributed by atoms with Crippen LogP contribution in [0.2, 0.25) is 0 Å². The molecule has 0 spiro atoms. The molecule has 0 radical (unpaired) electrons. The molecular weight excluding hydrogens is 413 g/mol. The Hall–Kier alpha value is -4.20. The molecule has 0 aliphatic carbocycles. The molecule has 0 atom stereocenters. The summed E-state index contributed by atoms with van der Waals surface area (Å²) in [6.45, 7) is 2.85. The summed E-state index contributed by atoms with van der Waals surface area (Å²) >= 11 is 0. The molecule has 1 aliphatic heterocycles. The molecule has 32 heavy (non-hydrogen) atoms. The summed E-state index contributed by atoms with van der Waals surface area (Å²) in [5, 5.41) is 2.16. The number of ether oxygens (including phenoxy) is 1. The second-order valence-corrected chi connectivity index (χ2v) is 7.23. The van der Waals surface area contributed by atoms with E-state index in [2.05, 4.69) is 5.32 Å². The van der Waals surface area contributed by atoms with Gasteiger partial charge in [0.1, 0.15) is 23.7 Å². The Morgan fingerprint density at radius 1 is 1.03 bits per heavy atom. The molecule has 7 nitrogen and oxygen atoms in total. The normalized spacial score (nSPS) is 15.2. The van der Waals surface area contributed by atoms with Crippen molar-refractivity contribution < 1.29 is 23.5 Å². The van der Waals surface area contributed by atoms with E-state index < -0.39 is 23.7 Å². The summed E-state index contributed by atoms with van der Waals surface area (Å²) in [7, 11) is 0. The van der Waals surface area contributed by atoms with Gasteiger partial charge in [0.25, 0.3) is 11.8 Å². The van der Waals surface area contributed by atoms with Crippen LogP contribution in [-0.4, -0.2) is 29.0 Å². The summed E-state index contributed by atoms with van der Waals surface area (Å²) in [4.78, 5) is 38.4. The Morgan fingerprint density at radius 2 is 1.81 bits per heavy atom. The number of nitrogens with one attached hydrogen (secondary N) is 1. The number of hydrogen-bond acceptors (Lipinski definition) is 4. The Bertz CT molecular complexity index is 1210. The molecule has 1 fully saturated rings. The topological polar surface area (TPSA) is 80.6 Å². The second-order valence-electron chi connectivity index (χ2n) is 7.23. The zero-order valence-electron chi connectivity index (χ0n) is 17.2. The molecule has 0 unspecified atom stereocenters. The van der Waals surface area contributed by atoms with Gasteiger partial charge in [-0.2, -0.15) is 0 Å². The number of halogens is 1. The highest BCUT2D eigenvalue weighted by atomic mass is 19.1. The van der Waals surface area contributed by atoms with Crippen molar-refractivity contribution >= 4 is 29.6 Å². The molecule has 0 bridgehead atoms. The average molecular weight is 433 g/mol. The lowest BCUT2D eigenvalue weighted by Crippen LogP contribution is -2.54. The molecule has 3 aromatic rings. The van der Waals surface area contributed by atoms with Crippen molar-refractivity contribution in [2.24, 2.45) is 0 Å². The monoisotopic (exact) mass is 433 g/mol. The summed E-state index contributed by atoms with van der Waals surface area (Å²) < 4.78 is 20.8. The number of aromatic nitrogens is 1. The number of imide groups is 2. The van der Waals surface area contributed by atoms with Gasteiger partial charge in [-0.15, -0.1) is 0 Å². The van der Waals surface area contributed by atoms with Gasteiger partial charge in [0.15, 0.2) is 0 Å². The van der Waals surface area contributed by atoms with Gasteiger partial charge in [0, 0.05) is 11.9 Å². The molecule has 1 aromatic heterocycles. The van der Waals surface area contributed by atoms with E-state index in [1.807, 2.05) is 35.8 Å². The Morgan fingerprint density at radius 3 is 2.56 bits per heavy atom. The third-order valence-corrected chi connectivity index (χ3v) is 4.93. The van der Waals surface area contributed by atoms with Crippen LogP contribution >= 0.6 is 0 Å². The maximum atomic E-state index is 13.2. The molecule has 1 saturated heterocycles. The summed E-state index contributed by atoms with van der Waals surface area (Å²) in [6, 6.07) is 15.2. The van der Waals surface area contributed by atoms with Gasteiger partial charge in [-0.25, -0.2) is 14.1 Å². The average Bonchev–Trinajstić information content (AvgIpc) is 3.19. The fourth-order valence-corrected chi connectivity index (χ4v) is 3.36. The van der Waals surface area contributed by atoms with Gasteiger partial charge in [-0.1, -0.05) is 12.1 Å². The number of hydrogen-bond donors (Lipinski definition) is 1. The van der Waals surface area contributed by atoms with E-state index in [4.69, 9.17) is 4.74 Å². The molecule has 1 N–H and O–H groups in total. The van der Waals surface area contributed by atoms with Crippen LogP contribution < -0.4 is 15.0 Å². The number of aryl methyl sites for hydroxylation is 1. The number of carbonyl (C=O) groups is 3. The van der Waals surface area contributed by atoms with Crippen LogP contribution in [0.4, 0.5) is 14.9 Å². The van der Waals surface area contributed by atoms with Crippen LogP contribution in [0.25, 0.3) is 6.08 Å². The standard InChI is InChI=1S/C24H20FN3O4/c1-16-4-2-6-20(14-16)32-13-12-27-11-3-5-19(27)15-21-22(29)26-24(31)28(23(21)30)18-9-7-17(25)8-10-18/h2-11,14-15H,12-13H2,1H3,(H,26,29,31). The maximum Gasteiger partial charge on any atom is 0.335 e. The predicted molar refractivity (Wildman–Crippen MR) is 117 cm³/mol. The van der Waals surface area contributed by atoms with Crippen LogP contribution in [0.3, 0.4) is 0 Å². The maximum absolute atomic E-state index is 13.2. The van der Waals surface area contributed by atoms with Gasteiger partial charge in [-0.05, 0) is 67.1 Å². The first-order valence-corrected chi connectivity index (χ1v) is 9.94. The highest BCUT2D eigenvalue weighted by molar-refractivity contribution is 6.39. The fraction of sp³-hybridized carbons (Fsp3) is 0.125. The van der Waals surface area contributed by atoms with Crippen molar-refractivity contribution in [3.05, 3.63) is 89.5 Å². The molecule has 4 amide bonds. The first-order valence-electron chi connectivity index (χ1n) is 9.94. The lowest BCUT2D eigenvalue weighted by molar-refractivity contribution is -0.122. The number of benzene rings is 2. The second kappa shape index (κ2) is 8.89. The van der Waals surface area contributed by atoms with E-state index in [0.29, 0.717) is 18.8 Å². The number of nitrogens with zero attached hydrogens (tertiary/aromatic N) is 2. The van der Waals surface area contributed by atoms with Crippen LogP contribution in [0, 0.1) is 12.7 Å². The van der Waals surface area contributed by atoms with Crippen LogP contribution in [0.5, 0.6) is 5.75 Å². The molecule has 4 rings (SSSR count). The molecule has 8 heteroatoms. The highest BCUT2D eigenvalue weighted by Gasteiger charge is 2.36. The van der Waals surface area contributed by atoms with Crippen molar-refractivity contribution in [2.45, 2.75) is 13.5 Å². The molecule has 2 aromatic carbocycles. The Labute approximate surface area is 183 Å². The lowest BCUT2D eigenvalue weighted by Gasteiger charge is -2.26. The van der Waals surface area contributed by atoms with Gasteiger partial charge in [-0.3, -0.25) is 14.9 Å². The van der Waals surface area contributed by atoms with E-state index in [1.165, 1.54) is 18.2 Å². The van der Waals surface area contributed by atoms with Crippen LogP contribution in [0.15, 0.2) is 72.4 Å². The van der Waals surface area contributed by atoms with Gasteiger partial charge in [0.2, 0.25) is 0 Å². The van der Waals surface area contributed by atoms with E-state index >= 15 is 0 Å². The number of barbiturate groups is 1. The number of carbonyl (C=O) groups excluding carboxylic acids is 3. The number of amides is 4. The summed E-state index contributed by atoms with van der Waals surface area (Å²) in [5.41, 5.74) is 1.66. The SMILES string of the molecule is Cc1cccc(OCCn2cccc2C=C2C(=O)NC(=O)N(c3ccc(F)cc3)C2=O)c1. The van der Waals surface area contributed by atoms with Crippen molar-refractivity contribution in [1.82, 2.24) is 9.88 Å². The van der Waals surface area contributed by atoms with Crippen LogP contribution in [0.1, 0.15) is 11.3 Å². The van der Waals surface area contributed by atoms with E-state index in [-0.39, 0.29) is 11.3 Å². The highest BCUT2D eigenvalue weighted by Crippen LogP contribution is 2.22. The molecule has 162 valence electrons. The minimum absolute atomic E-state index is 0.161. The quantitative estimate of drug-likeness (QED) is 0.475. The predicted octanol–water partition coefficient (Wildman–Crippen LogP) is 3.68. The molecule has 0 saturated carbocycles. The molecule has 2 heterocycles. The smallest absolute Gasteiger partial charge is 0.335 e. The van der Waals surface area contributed by atoms with E-state index in [0.717, 1.165) is 28.3 Å². The summed E-state index contributed by atoms with van der Waals surface area (Å²) in [5.74, 6) is -1.32. The van der Waals surface area contributed by atoms with Crippen molar-refractivity contribution in [1.29, 1.82) is 0 Å². The minimum atomic E-state index is -0.884. The van der Waals surface area contributed by atoms with Crippen molar-refractivity contribution in [3.63, 3.8) is 0 Å². The lowest BCUT2D eigenvalue weighted by atomic mass is 10.1. The first kappa shape index (κ1) is 21.0. The van der Waals surface area contributed by atoms with Crippen molar-refractivity contribution in [3.8, 4) is 5.75 Å². The van der Waals surface area contributed by atoms with Gasteiger partial charge in [0.05, 0.1) is 12.2 Å². The van der Waals surface area contributed by atoms with Gasteiger partial charge < -0.3 is 9.30 Å². The molecular formula is C24H20FN3O4. The zero-order valence-corrected chi connectivity index (χ0v) is 17.2. The third-order valence-electron chi connectivity index (χ3n) is 4.93. The van der Waals surface area contributed by atoms with E-state index in [9.17, 15) is 18.8 Å².